The third-order valence-corrected chi connectivity index (χ3v) is 3.05. The van der Waals surface area contributed by atoms with E-state index < -0.39 is 5.67 Å². The second-order valence-electron chi connectivity index (χ2n) is 4.40. The predicted molar refractivity (Wildman–Crippen MR) is 65.0 cm³/mol. The summed E-state index contributed by atoms with van der Waals surface area (Å²) in [6, 6.07) is 5.47. The molecule has 17 heavy (non-hydrogen) atoms. The van der Waals surface area contributed by atoms with Gasteiger partial charge < -0.3 is 5.11 Å². The van der Waals surface area contributed by atoms with Gasteiger partial charge in [-0.15, -0.1) is 0 Å². The Hall–Kier alpha value is -0.960. The highest BCUT2D eigenvalue weighted by Crippen LogP contribution is 2.35. The zero-order valence-electron chi connectivity index (χ0n) is 10.3. The normalized spacial score (nSPS) is 14.6. The van der Waals surface area contributed by atoms with Crippen LogP contribution in [0.25, 0.3) is 0 Å². The molecular weight excluding hydrogens is 222 g/mol. The van der Waals surface area contributed by atoms with E-state index in [9.17, 15) is 8.78 Å². The maximum absolute atomic E-state index is 14.7. The number of hydrogen-bond acceptors (Lipinski definition) is 1. The van der Waals surface area contributed by atoms with E-state index in [0.29, 0.717) is 12.0 Å². The molecule has 0 amide bonds. The van der Waals surface area contributed by atoms with Crippen LogP contribution >= 0.6 is 0 Å². The van der Waals surface area contributed by atoms with E-state index in [1.807, 2.05) is 0 Å². The van der Waals surface area contributed by atoms with Gasteiger partial charge in [-0.25, -0.2) is 8.78 Å². The fourth-order valence-electron chi connectivity index (χ4n) is 1.99. The van der Waals surface area contributed by atoms with Crippen molar-refractivity contribution in [2.75, 3.05) is 6.61 Å². The first-order chi connectivity index (χ1) is 8.12. The Balaban J connectivity index is 2.78. The molecule has 1 N–H and O–H groups in total. The maximum atomic E-state index is 14.7. The smallest absolute Gasteiger partial charge is 0.138 e. The van der Waals surface area contributed by atoms with E-state index in [1.54, 1.807) is 0 Å². The lowest BCUT2D eigenvalue weighted by Gasteiger charge is -2.25. The van der Waals surface area contributed by atoms with Gasteiger partial charge in [0.1, 0.15) is 11.5 Å². The molecule has 0 unspecified atom stereocenters. The highest BCUT2D eigenvalue weighted by atomic mass is 19.1. The molecule has 0 saturated heterocycles. The van der Waals surface area contributed by atoms with Gasteiger partial charge in [-0.05, 0) is 30.5 Å². The third-order valence-electron chi connectivity index (χ3n) is 3.05. The molecule has 0 aromatic heterocycles. The molecule has 0 aliphatic heterocycles. The Morgan fingerprint density at radius 3 is 2.29 bits per heavy atom. The number of rotatable bonds is 7. The van der Waals surface area contributed by atoms with Gasteiger partial charge in [0.2, 0.25) is 0 Å². The summed E-state index contributed by atoms with van der Waals surface area (Å²) in [5, 5.41) is 8.96. The molecule has 1 aromatic rings. The molecule has 1 aromatic carbocycles. The third kappa shape index (κ3) is 4.08. The summed E-state index contributed by atoms with van der Waals surface area (Å²) < 4.78 is 27.5. The van der Waals surface area contributed by atoms with Crippen molar-refractivity contribution >= 4 is 0 Å². The maximum Gasteiger partial charge on any atom is 0.138 e. The molecule has 0 heterocycles. The zero-order chi connectivity index (χ0) is 12.7. The lowest BCUT2D eigenvalue weighted by Crippen LogP contribution is -2.22. The summed E-state index contributed by atoms with van der Waals surface area (Å²) in [5.41, 5.74) is -1.07. The van der Waals surface area contributed by atoms with Gasteiger partial charge in [0.15, 0.2) is 0 Å². The van der Waals surface area contributed by atoms with Crippen molar-refractivity contribution in [1.29, 1.82) is 0 Å². The Morgan fingerprint density at radius 2 is 1.76 bits per heavy atom. The quantitative estimate of drug-likeness (QED) is 0.718. The second-order valence-corrected chi connectivity index (χ2v) is 4.40. The summed E-state index contributed by atoms with van der Waals surface area (Å²) in [5.74, 6) is -0.367. The second kappa shape index (κ2) is 6.70. The van der Waals surface area contributed by atoms with Crippen LogP contribution in [0.3, 0.4) is 0 Å². The first-order valence-corrected chi connectivity index (χ1v) is 6.18. The topological polar surface area (TPSA) is 20.2 Å². The van der Waals surface area contributed by atoms with Crippen molar-refractivity contribution in [3.63, 3.8) is 0 Å². The SMILES string of the molecule is CCCCC[C@@](F)(CCO)c1ccc(F)cc1. The van der Waals surface area contributed by atoms with Gasteiger partial charge in [0.25, 0.3) is 0 Å². The molecule has 0 radical (unpaired) electrons. The molecular formula is C14H20F2O. The van der Waals surface area contributed by atoms with E-state index in [0.717, 1.165) is 19.3 Å². The predicted octanol–water partition coefficient (Wildman–Crippen LogP) is 3.95. The summed E-state index contributed by atoms with van der Waals surface area (Å²) in [7, 11) is 0. The van der Waals surface area contributed by atoms with Crippen LogP contribution in [0.2, 0.25) is 0 Å². The minimum atomic E-state index is -1.53. The van der Waals surface area contributed by atoms with Crippen molar-refractivity contribution in [2.24, 2.45) is 0 Å². The number of hydrogen-bond donors (Lipinski definition) is 1. The lowest BCUT2D eigenvalue weighted by molar-refractivity contribution is 0.0995. The molecule has 1 atom stereocenters. The van der Waals surface area contributed by atoms with E-state index in [2.05, 4.69) is 6.92 Å². The molecule has 1 nitrogen and oxygen atoms in total. The van der Waals surface area contributed by atoms with Crippen LogP contribution < -0.4 is 0 Å². The Bertz CT molecular complexity index is 323. The van der Waals surface area contributed by atoms with Gasteiger partial charge in [-0.2, -0.15) is 0 Å². The number of benzene rings is 1. The summed E-state index contributed by atoms with van der Waals surface area (Å²) in [6.45, 7) is 1.86. The number of aliphatic hydroxyl groups excluding tert-OH is 1. The van der Waals surface area contributed by atoms with Gasteiger partial charge in [-0.1, -0.05) is 31.9 Å². The largest absolute Gasteiger partial charge is 0.396 e. The Morgan fingerprint density at radius 1 is 1.12 bits per heavy atom. The molecule has 0 bridgehead atoms. The van der Waals surface area contributed by atoms with Crippen LogP contribution in [-0.2, 0) is 5.67 Å². The van der Waals surface area contributed by atoms with Gasteiger partial charge >= 0.3 is 0 Å². The van der Waals surface area contributed by atoms with Gasteiger partial charge in [-0.3, -0.25) is 0 Å². The van der Waals surface area contributed by atoms with E-state index >= 15 is 0 Å². The van der Waals surface area contributed by atoms with Crippen molar-refractivity contribution in [2.45, 2.75) is 44.7 Å². The van der Waals surface area contributed by atoms with E-state index in [-0.39, 0.29) is 18.8 Å². The molecule has 0 fully saturated rings. The fraction of sp³-hybridized carbons (Fsp3) is 0.571. The van der Waals surface area contributed by atoms with E-state index in [1.165, 1.54) is 24.3 Å². The average Bonchev–Trinajstić information content (AvgIpc) is 2.30. The first-order valence-electron chi connectivity index (χ1n) is 6.18. The number of unbranched alkanes of at least 4 members (excludes halogenated alkanes) is 2. The average molecular weight is 242 g/mol. The number of aliphatic hydroxyl groups is 1. The monoisotopic (exact) mass is 242 g/mol. The highest BCUT2D eigenvalue weighted by Gasteiger charge is 2.30. The summed E-state index contributed by atoms with van der Waals surface area (Å²) in [6.07, 6.45) is 3.23. The van der Waals surface area contributed by atoms with Crippen LogP contribution in [0.15, 0.2) is 24.3 Å². The van der Waals surface area contributed by atoms with Crippen LogP contribution in [0, 0.1) is 5.82 Å². The molecule has 0 spiro atoms. The molecule has 3 heteroatoms. The first kappa shape index (κ1) is 14.1. The summed E-state index contributed by atoms with van der Waals surface area (Å²) >= 11 is 0. The summed E-state index contributed by atoms with van der Waals surface area (Å²) in [4.78, 5) is 0. The molecule has 0 aliphatic rings. The van der Waals surface area contributed by atoms with Gasteiger partial charge in [0.05, 0.1) is 0 Å². The van der Waals surface area contributed by atoms with Crippen molar-refractivity contribution in [3.05, 3.63) is 35.6 Å². The Kier molecular flexibility index (Phi) is 5.56. The van der Waals surface area contributed by atoms with Crippen LogP contribution in [0.1, 0.15) is 44.6 Å². The Labute approximate surface area is 101 Å². The minimum absolute atomic E-state index is 0.0718. The lowest BCUT2D eigenvalue weighted by atomic mass is 9.87. The van der Waals surface area contributed by atoms with Crippen LogP contribution in [0.4, 0.5) is 8.78 Å². The molecule has 96 valence electrons. The van der Waals surface area contributed by atoms with Crippen molar-refractivity contribution in [1.82, 2.24) is 0 Å². The number of halogens is 2. The highest BCUT2D eigenvalue weighted by molar-refractivity contribution is 5.23. The van der Waals surface area contributed by atoms with Crippen LogP contribution in [0.5, 0.6) is 0 Å². The minimum Gasteiger partial charge on any atom is -0.396 e. The molecule has 0 saturated carbocycles. The molecule has 1 rings (SSSR count). The van der Waals surface area contributed by atoms with Gasteiger partial charge in [0, 0.05) is 13.0 Å². The standard InChI is InChI=1S/C14H20F2O/c1-2-3-4-9-14(16,10-11-17)12-5-7-13(15)8-6-12/h5-8,17H,2-4,9-11H2,1H3/t14-/m1/s1. The van der Waals surface area contributed by atoms with Crippen LogP contribution in [-0.4, -0.2) is 11.7 Å². The number of alkyl halides is 1. The zero-order valence-corrected chi connectivity index (χ0v) is 10.3. The fourth-order valence-corrected chi connectivity index (χ4v) is 1.99. The van der Waals surface area contributed by atoms with E-state index in [4.69, 9.17) is 5.11 Å². The molecule has 0 aliphatic carbocycles. The van der Waals surface area contributed by atoms with Crippen molar-refractivity contribution in [3.8, 4) is 0 Å². The van der Waals surface area contributed by atoms with Crippen molar-refractivity contribution < 1.29 is 13.9 Å².